The molecule has 1 N–H and O–H groups in total. The lowest BCUT2D eigenvalue weighted by Gasteiger charge is -2.22. The van der Waals surface area contributed by atoms with E-state index in [2.05, 4.69) is 5.32 Å². The number of nitrogens with one attached hydrogen (secondary N) is 1. The molecule has 0 saturated carbocycles. The average molecular weight is 429 g/mol. The second-order valence-corrected chi connectivity index (χ2v) is 8.39. The molecule has 6 nitrogen and oxygen atoms in total. The summed E-state index contributed by atoms with van der Waals surface area (Å²) in [6, 6.07) is 12.5. The van der Waals surface area contributed by atoms with Crippen LogP contribution in [-0.2, 0) is 14.8 Å². The predicted octanol–water partition coefficient (Wildman–Crippen LogP) is 3.22. The van der Waals surface area contributed by atoms with E-state index >= 15 is 0 Å². The van der Waals surface area contributed by atoms with Crippen LogP contribution in [0.2, 0.25) is 5.02 Å². The van der Waals surface area contributed by atoms with E-state index in [9.17, 15) is 17.6 Å². The normalized spacial score (nSPS) is 11.1. The molecule has 2 aromatic carbocycles. The van der Waals surface area contributed by atoms with Crippen molar-refractivity contribution < 1.29 is 22.3 Å². The van der Waals surface area contributed by atoms with Crippen molar-refractivity contribution >= 4 is 33.2 Å². The summed E-state index contributed by atoms with van der Waals surface area (Å²) >= 11 is 5.79. The van der Waals surface area contributed by atoms with Crippen molar-refractivity contribution in [3.8, 4) is 5.75 Å². The molecule has 0 radical (unpaired) electrons. The number of para-hydroxylation sites is 1. The molecular weight excluding hydrogens is 407 g/mol. The van der Waals surface area contributed by atoms with Crippen molar-refractivity contribution in [2.24, 2.45) is 0 Å². The van der Waals surface area contributed by atoms with E-state index in [0.29, 0.717) is 17.3 Å². The van der Waals surface area contributed by atoms with Crippen LogP contribution in [0.25, 0.3) is 0 Å². The Morgan fingerprint density at radius 2 is 1.86 bits per heavy atom. The summed E-state index contributed by atoms with van der Waals surface area (Å²) in [4.78, 5) is 11.9. The van der Waals surface area contributed by atoms with Crippen molar-refractivity contribution in [3.05, 3.63) is 59.4 Å². The Bertz CT molecular complexity index is 891. The van der Waals surface area contributed by atoms with E-state index in [0.717, 1.165) is 10.6 Å². The summed E-state index contributed by atoms with van der Waals surface area (Å²) in [5, 5.41) is 3.31. The molecule has 0 fully saturated rings. The molecule has 1 amide bonds. The molecule has 0 bridgehead atoms. The zero-order valence-electron chi connectivity index (χ0n) is 15.4. The fourth-order valence-corrected chi connectivity index (χ4v) is 3.57. The highest BCUT2D eigenvalue weighted by atomic mass is 35.5. The molecule has 9 heteroatoms. The van der Waals surface area contributed by atoms with Crippen LogP contribution in [0.4, 0.5) is 10.1 Å². The molecular formula is C19H22ClFN2O4S. The number of anilines is 1. The summed E-state index contributed by atoms with van der Waals surface area (Å²) in [6.07, 6.45) is 1.38. The number of sulfonamides is 1. The summed E-state index contributed by atoms with van der Waals surface area (Å²) in [5.41, 5.74) is -0.0261. The lowest BCUT2D eigenvalue weighted by atomic mass is 10.2. The van der Waals surface area contributed by atoms with Crippen molar-refractivity contribution in [2.75, 3.05) is 30.3 Å². The minimum Gasteiger partial charge on any atom is -0.492 e. The number of halogens is 2. The van der Waals surface area contributed by atoms with Gasteiger partial charge >= 0.3 is 0 Å². The van der Waals surface area contributed by atoms with Crippen LogP contribution in [-0.4, -0.2) is 40.3 Å². The van der Waals surface area contributed by atoms with Gasteiger partial charge in [0.2, 0.25) is 15.9 Å². The molecule has 0 spiro atoms. The van der Waals surface area contributed by atoms with Crippen molar-refractivity contribution in [2.45, 2.75) is 12.8 Å². The van der Waals surface area contributed by atoms with E-state index < -0.39 is 15.8 Å². The Labute approximate surface area is 169 Å². The van der Waals surface area contributed by atoms with E-state index in [1.165, 1.54) is 18.2 Å². The Morgan fingerprint density at radius 1 is 1.18 bits per heavy atom. The summed E-state index contributed by atoms with van der Waals surface area (Å²) in [7, 11) is -3.66. The lowest BCUT2D eigenvalue weighted by molar-refractivity contribution is -0.121. The van der Waals surface area contributed by atoms with Gasteiger partial charge in [-0.15, -0.1) is 0 Å². The van der Waals surface area contributed by atoms with Crippen molar-refractivity contribution in [3.63, 3.8) is 0 Å². The van der Waals surface area contributed by atoms with Gasteiger partial charge in [0.25, 0.3) is 0 Å². The number of amides is 1. The molecule has 2 rings (SSSR count). The first-order valence-electron chi connectivity index (χ1n) is 8.64. The first kappa shape index (κ1) is 22.0. The topological polar surface area (TPSA) is 75.7 Å². The van der Waals surface area contributed by atoms with Crippen LogP contribution in [0.1, 0.15) is 12.8 Å². The fraction of sp³-hybridized carbons (Fsp3) is 0.316. The molecule has 0 aliphatic rings. The second kappa shape index (κ2) is 10.3. The molecule has 2 aromatic rings. The highest BCUT2D eigenvalue weighted by molar-refractivity contribution is 7.92. The van der Waals surface area contributed by atoms with Gasteiger partial charge in [0.05, 0.1) is 18.5 Å². The van der Waals surface area contributed by atoms with Crippen LogP contribution in [0.5, 0.6) is 5.75 Å². The lowest BCUT2D eigenvalue weighted by Crippen LogP contribution is -2.33. The standard InChI is InChI=1S/C19H22ClFN2O4S/c1-28(25,26)23(18-6-3-2-5-17(18)21)13-4-7-19(24)22-12-14-27-16-10-8-15(20)9-11-16/h2-3,5-6,8-11H,4,7,12-14H2,1H3,(H,22,24). The first-order chi connectivity index (χ1) is 13.3. The molecule has 152 valence electrons. The number of ether oxygens (including phenoxy) is 1. The number of benzene rings is 2. The summed E-state index contributed by atoms with van der Waals surface area (Å²) in [6.45, 7) is 0.608. The van der Waals surface area contributed by atoms with Gasteiger partial charge in [0, 0.05) is 18.0 Å². The summed E-state index contributed by atoms with van der Waals surface area (Å²) in [5.74, 6) is -0.217. The Balaban J connectivity index is 1.75. The first-order valence-corrected chi connectivity index (χ1v) is 10.9. The number of rotatable bonds is 10. The Kier molecular flexibility index (Phi) is 8.07. The predicted molar refractivity (Wildman–Crippen MR) is 108 cm³/mol. The maximum absolute atomic E-state index is 13.9. The third-order valence-corrected chi connectivity index (χ3v) is 5.23. The Hall–Kier alpha value is -2.32. The fourth-order valence-electron chi connectivity index (χ4n) is 2.48. The molecule has 28 heavy (non-hydrogen) atoms. The Morgan fingerprint density at radius 3 is 2.50 bits per heavy atom. The van der Waals surface area contributed by atoms with Gasteiger partial charge in [0.1, 0.15) is 18.2 Å². The smallest absolute Gasteiger partial charge is 0.232 e. The average Bonchev–Trinajstić information content (AvgIpc) is 2.64. The zero-order valence-corrected chi connectivity index (χ0v) is 17.0. The van der Waals surface area contributed by atoms with Gasteiger partial charge in [-0.05, 0) is 42.8 Å². The molecule has 0 aliphatic carbocycles. The molecule has 0 aromatic heterocycles. The maximum atomic E-state index is 13.9. The van der Waals surface area contributed by atoms with Gasteiger partial charge in [-0.25, -0.2) is 12.8 Å². The SMILES string of the molecule is CS(=O)(=O)N(CCCC(=O)NCCOc1ccc(Cl)cc1)c1ccccc1F. The van der Waals surface area contributed by atoms with E-state index in [1.54, 1.807) is 30.3 Å². The van der Waals surface area contributed by atoms with Crippen LogP contribution in [0, 0.1) is 5.82 Å². The summed E-state index contributed by atoms with van der Waals surface area (Å²) < 4.78 is 44.3. The molecule has 0 atom stereocenters. The molecule has 0 aliphatic heterocycles. The van der Waals surface area contributed by atoms with Crippen molar-refractivity contribution in [1.29, 1.82) is 0 Å². The number of hydrogen-bond acceptors (Lipinski definition) is 4. The number of hydrogen-bond donors (Lipinski definition) is 1. The zero-order chi connectivity index (χ0) is 20.6. The molecule has 0 unspecified atom stereocenters. The number of nitrogens with zero attached hydrogens (tertiary/aromatic N) is 1. The van der Waals surface area contributed by atoms with Crippen LogP contribution in [0.15, 0.2) is 48.5 Å². The maximum Gasteiger partial charge on any atom is 0.232 e. The largest absolute Gasteiger partial charge is 0.492 e. The second-order valence-electron chi connectivity index (χ2n) is 6.04. The highest BCUT2D eigenvalue weighted by Gasteiger charge is 2.20. The van der Waals surface area contributed by atoms with Crippen LogP contribution >= 0.6 is 11.6 Å². The van der Waals surface area contributed by atoms with Crippen molar-refractivity contribution in [1.82, 2.24) is 5.32 Å². The van der Waals surface area contributed by atoms with Gasteiger partial charge in [0.15, 0.2) is 0 Å². The third kappa shape index (κ3) is 7.01. The van der Waals surface area contributed by atoms with Crippen LogP contribution < -0.4 is 14.4 Å². The quantitative estimate of drug-likeness (QED) is 0.589. The van der Waals surface area contributed by atoms with Crippen LogP contribution in [0.3, 0.4) is 0 Å². The minimum atomic E-state index is -3.66. The van der Waals surface area contributed by atoms with Gasteiger partial charge in [-0.2, -0.15) is 0 Å². The van der Waals surface area contributed by atoms with Gasteiger partial charge < -0.3 is 10.1 Å². The van der Waals surface area contributed by atoms with Gasteiger partial charge in [-0.1, -0.05) is 23.7 Å². The number of carbonyl (C=O) groups excluding carboxylic acids is 1. The molecule has 0 saturated heterocycles. The van der Waals surface area contributed by atoms with Gasteiger partial charge in [-0.3, -0.25) is 9.10 Å². The van der Waals surface area contributed by atoms with E-state index in [-0.39, 0.29) is 37.6 Å². The monoisotopic (exact) mass is 428 g/mol. The number of carbonyl (C=O) groups is 1. The van der Waals surface area contributed by atoms with E-state index in [4.69, 9.17) is 16.3 Å². The van der Waals surface area contributed by atoms with E-state index in [1.807, 2.05) is 0 Å². The molecule has 0 heterocycles. The minimum absolute atomic E-state index is 0.00839. The highest BCUT2D eigenvalue weighted by Crippen LogP contribution is 2.21. The third-order valence-electron chi connectivity index (χ3n) is 3.79.